The van der Waals surface area contributed by atoms with Gasteiger partial charge in [-0.3, -0.25) is 14.9 Å². The Morgan fingerprint density at radius 1 is 1.53 bits per heavy atom. The van der Waals surface area contributed by atoms with Crippen molar-refractivity contribution in [2.45, 2.75) is 12.3 Å². The van der Waals surface area contributed by atoms with Gasteiger partial charge in [0.2, 0.25) is 0 Å². The molecule has 0 heterocycles. The van der Waals surface area contributed by atoms with Crippen LogP contribution in [-0.2, 0) is 21.8 Å². The van der Waals surface area contributed by atoms with Gasteiger partial charge >= 0.3 is 5.97 Å². The number of methoxy groups -OCH3 is 1. The third kappa shape index (κ3) is 3.08. The van der Waals surface area contributed by atoms with Gasteiger partial charge in [0, 0.05) is 11.9 Å². The minimum atomic E-state index is -0.610. The second-order valence-electron chi connectivity index (χ2n) is 3.18. The molecule has 1 aromatic rings. The van der Waals surface area contributed by atoms with Crippen molar-refractivity contribution in [1.82, 2.24) is 0 Å². The molecule has 0 N–H and O–H groups in total. The van der Waals surface area contributed by atoms with Gasteiger partial charge in [-0.25, -0.2) is 0 Å². The molecular weight excluding hydrogens is 269 g/mol. The molecule has 0 bridgehead atoms. The van der Waals surface area contributed by atoms with Gasteiger partial charge in [0.25, 0.3) is 5.69 Å². The third-order valence-corrected chi connectivity index (χ3v) is 2.92. The van der Waals surface area contributed by atoms with E-state index in [1.165, 1.54) is 19.2 Å². The van der Waals surface area contributed by atoms with Crippen LogP contribution in [0, 0.1) is 10.1 Å². The number of ether oxygens (including phenoxy) is 1. The molecule has 5 nitrogen and oxygen atoms in total. The molecule has 0 amide bonds. The Bertz CT molecular complexity index is 462. The number of alkyl halides is 1. The first-order chi connectivity index (χ1) is 8.01. The number of nitro benzene ring substituents is 1. The van der Waals surface area contributed by atoms with E-state index < -0.39 is 10.9 Å². The van der Waals surface area contributed by atoms with Crippen LogP contribution < -0.4 is 0 Å². The maximum absolute atomic E-state index is 11.2. The predicted octanol–water partition coefficient (Wildman–Crippen LogP) is 2.70. The lowest BCUT2D eigenvalue weighted by molar-refractivity contribution is -0.384. The fourth-order valence-corrected chi connectivity index (χ4v) is 1.89. The number of carbonyl (C=O) groups is 1. The Kier molecular flexibility index (Phi) is 4.72. The van der Waals surface area contributed by atoms with Gasteiger partial charge in [0.05, 0.1) is 18.5 Å². The first-order valence-electron chi connectivity index (χ1n) is 4.58. The van der Waals surface area contributed by atoms with E-state index in [0.717, 1.165) is 0 Å². The Hall–Kier alpha value is -1.33. The number of rotatable bonds is 4. The second-order valence-corrected chi connectivity index (χ2v) is 3.83. The van der Waals surface area contributed by atoms with E-state index in [-0.39, 0.29) is 23.0 Å². The number of esters is 1. The summed E-state index contributed by atoms with van der Waals surface area (Å²) < 4.78 is 4.50. The third-order valence-electron chi connectivity index (χ3n) is 2.21. The summed E-state index contributed by atoms with van der Waals surface area (Å²) in [5.74, 6) is -0.414. The van der Waals surface area contributed by atoms with Gasteiger partial charge < -0.3 is 4.74 Å². The van der Waals surface area contributed by atoms with Crippen molar-refractivity contribution in [2.24, 2.45) is 0 Å². The zero-order chi connectivity index (χ0) is 13.0. The predicted molar refractivity (Wildman–Crippen MR) is 63.4 cm³/mol. The number of carbonyl (C=O) groups excluding carboxylic acids is 1. The minimum Gasteiger partial charge on any atom is -0.469 e. The van der Waals surface area contributed by atoms with Gasteiger partial charge in [0.1, 0.15) is 5.02 Å². The van der Waals surface area contributed by atoms with E-state index in [1.807, 2.05) is 0 Å². The van der Waals surface area contributed by atoms with Crippen molar-refractivity contribution in [3.8, 4) is 0 Å². The first-order valence-corrected chi connectivity index (χ1v) is 5.50. The summed E-state index contributed by atoms with van der Waals surface area (Å²) in [6, 6.07) is 2.75. The molecule has 0 saturated heterocycles. The van der Waals surface area contributed by atoms with Crippen LogP contribution in [0.4, 0.5) is 5.69 Å². The largest absolute Gasteiger partial charge is 0.469 e. The number of hydrogen-bond acceptors (Lipinski definition) is 4. The van der Waals surface area contributed by atoms with Crippen molar-refractivity contribution in [3.05, 3.63) is 38.4 Å². The van der Waals surface area contributed by atoms with Crippen LogP contribution >= 0.6 is 23.2 Å². The van der Waals surface area contributed by atoms with Crippen molar-refractivity contribution < 1.29 is 14.5 Å². The highest BCUT2D eigenvalue weighted by Crippen LogP contribution is 2.31. The summed E-state index contributed by atoms with van der Waals surface area (Å²) >= 11 is 11.6. The number of nitrogens with zero attached hydrogens (tertiary/aromatic N) is 1. The molecule has 0 aliphatic heterocycles. The maximum Gasteiger partial charge on any atom is 0.310 e. The highest BCUT2D eigenvalue weighted by atomic mass is 35.5. The fraction of sp³-hybridized carbons (Fsp3) is 0.300. The lowest BCUT2D eigenvalue weighted by Gasteiger charge is -2.08. The summed E-state index contributed by atoms with van der Waals surface area (Å²) in [5, 5.41) is 10.6. The van der Waals surface area contributed by atoms with Gasteiger partial charge in [-0.15, -0.1) is 11.6 Å². The molecule has 0 aliphatic carbocycles. The molecule has 0 unspecified atom stereocenters. The van der Waals surface area contributed by atoms with Crippen LogP contribution in [-0.4, -0.2) is 18.0 Å². The number of benzene rings is 1. The second kappa shape index (κ2) is 5.84. The monoisotopic (exact) mass is 277 g/mol. The number of hydrogen-bond donors (Lipinski definition) is 0. The Morgan fingerprint density at radius 3 is 2.65 bits per heavy atom. The van der Waals surface area contributed by atoms with E-state index >= 15 is 0 Å². The summed E-state index contributed by atoms with van der Waals surface area (Å²) in [6.45, 7) is 0. The molecule has 1 aromatic carbocycles. The average molecular weight is 278 g/mol. The molecule has 0 radical (unpaired) electrons. The van der Waals surface area contributed by atoms with E-state index in [0.29, 0.717) is 11.1 Å². The highest BCUT2D eigenvalue weighted by molar-refractivity contribution is 6.33. The molecular formula is C10H9Cl2NO4. The molecule has 0 spiro atoms. The van der Waals surface area contributed by atoms with Crippen LogP contribution in [0.2, 0.25) is 5.02 Å². The molecule has 0 fully saturated rings. The zero-order valence-electron chi connectivity index (χ0n) is 8.91. The van der Waals surface area contributed by atoms with Crippen molar-refractivity contribution in [1.29, 1.82) is 0 Å². The molecule has 0 aromatic heterocycles. The molecule has 17 heavy (non-hydrogen) atoms. The van der Waals surface area contributed by atoms with Crippen molar-refractivity contribution in [3.63, 3.8) is 0 Å². The minimum absolute atomic E-state index is 0.0708. The Labute approximate surface area is 107 Å². The molecule has 0 saturated carbocycles. The van der Waals surface area contributed by atoms with E-state index in [4.69, 9.17) is 23.2 Å². The van der Waals surface area contributed by atoms with Crippen LogP contribution in [0.1, 0.15) is 11.1 Å². The zero-order valence-corrected chi connectivity index (χ0v) is 10.4. The van der Waals surface area contributed by atoms with E-state index in [9.17, 15) is 14.9 Å². The van der Waals surface area contributed by atoms with Crippen LogP contribution in [0.5, 0.6) is 0 Å². The Balaban J connectivity index is 3.27. The topological polar surface area (TPSA) is 69.4 Å². The molecule has 1 rings (SSSR count). The van der Waals surface area contributed by atoms with Gasteiger partial charge in [-0.1, -0.05) is 17.7 Å². The number of nitro groups is 1. The van der Waals surface area contributed by atoms with Crippen LogP contribution in [0.15, 0.2) is 12.1 Å². The summed E-state index contributed by atoms with van der Waals surface area (Å²) in [5.41, 5.74) is 0.662. The average Bonchev–Trinajstić information content (AvgIpc) is 2.30. The van der Waals surface area contributed by atoms with Gasteiger partial charge in [-0.05, 0) is 11.1 Å². The lowest BCUT2D eigenvalue weighted by atomic mass is 10.0. The molecule has 7 heteroatoms. The molecule has 92 valence electrons. The highest BCUT2D eigenvalue weighted by Gasteiger charge is 2.20. The van der Waals surface area contributed by atoms with Gasteiger partial charge in [0.15, 0.2) is 0 Å². The van der Waals surface area contributed by atoms with Crippen molar-refractivity contribution >= 4 is 34.9 Å². The SMILES string of the molecule is COC(=O)Cc1c(CCl)ccc([N+](=O)[O-])c1Cl. The summed E-state index contributed by atoms with van der Waals surface area (Å²) in [6.07, 6.45) is -0.140. The fourth-order valence-electron chi connectivity index (χ4n) is 1.32. The van der Waals surface area contributed by atoms with E-state index in [1.54, 1.807) is 0 Å². The standard InChI is InChI=1S/C10H9Cl2NO4/c1-17-9(14)4-7-6(5-11)2-3-8(10(7)12)13(15)16/h2-3H,4-5H2,1H3. The van der Waals surface area contributed by atoms with Crippen LogP contribution in [0.3, 0.4) is 0 Å². The van der Waals surface area contributed by atoms with Crippen molar-refractivity contribution in [2.75, 3.05) is 7.11 Å². The summed E-state index contributed by atoms with van der Waals surface area (Å²) in [4.78, 5) is 21.3. The molecule has 0 aliphatic rings. The lowest BCUT2D eigenvalue weighted by Crippen LogP contribution is -2.08. The first kappa shape index (κ1) is 13.7. The van der Waals surface area contributed by atoms with Crippen LogP contribution in [0.25, 0.3) is 0 Å². The molecule has 0 atom stereocenters. The summed E-state index contributed by atoms with van der Waals surface area (Å²) in [7, 11) is 1.23. The quantitative estimate of drug-likeness (QED) is 0.367. The maximum atomic E-state index is 11.2. The number of halogens is 2. The Morgan fingerprint density at radius 2 is 2.18 bits per heavy atom. The van der Waals surface area contributed by atoms with E-state index in [2.05, 4.69) is 4.74 Å². The normalized spacial score (nSPS) is 10.1. The smallest absolute Gasteiger partial charge is 0.310 e. The van der Waals surface area contributed by atoms with Gasteiger partial charge in [-0.2, -0.15) is 0 Å².